The molecule has 0 aliphatic rings. The quantitative estimate of drug-likeness (QED) is 0.368. The zero-order valence-electron chi connectivity index (χ0n) is 18.8. The first-order valence-corrected chi connectivity index (χ1v) is 10.6. The Morgan fingerprint density at radius 3 is 2.34 bits per heavy atom. The lowest BCUT2D eigenvalue weighted by atomic mass is 10.1. The van der Waals surface area contributed by atoms with E-state index in [4.69, 9.17) is 14.2 Å². The summed E-state index contributed by atoms with van der Waals surface area (Å²) in [5.74, 6) is 3.47. The Labute approximate surface area is 189 Å². The van der Waals surface area contributed by atoms with E-state index < -0.39 is 0 Å². The molecule has 168 valence electrons. The Morgan fingerprint density at radius 2 is 1.69 bits per heavy atom. The van der Waals surface area contributed by atoms with Gasteiger partial charge in [-0.25, -0.2) is 4.98 Å². The molecule has 0 aliphatic carbocycles. The summed E-state index contributed by atoms with van der Waals surface area (Å²) in [6.45, 7) is 3.90. The molecule has 3 rings (SSSR count). The van der Waals surface area contributed by atoms with Crippen molar-refractivity contribution in [3.05, 3.63) is 78.0 Å². The highest BCUT2D eigenvalue weighted by molar-refractivity contribution is 5.79. The first-order chi connectivity index (χ1) is 15.7. The van der Waals surface area contributed by atoms with Gasteiger partial charge in [0.2, 0.25) is 5.88 Å². The van der Waals surface area contributed by atoms with Crippen LogP contribution in [0.4, 0.5) is 0 Å². The van der Waals surface area contributed by atoms with E-state index in [0.29, 0.717) is 30.5 Å². The zero-order chi connectivity index (χ0) is 22.6. The molecule has 0 aliphatic heterocycles. The molecule has 0 bridgehead atoms. The Kier molecular flexibility index (Phi) is 8.74. The van der Waals surface area contributed by atoms with Crippen molar-refractivity contribution in [1.29, 1.82) is 0 Å². The van der Waals surface area contributed by atoms with Crippen LogP contribution in [-0.4, -0.2) is 38.3 Å². The molecule has 0 spiro atoms. The van der Waals surface area contributed by atoms with Crippen LogP contribution >= 0.6 is 0 Å². The minimum atomic E-state index is 0.517. The monoisotopic (exact) mass is 434 g/mol. The van der Waals surface area contributed by atoms with Crippen LogP contribution in [-0.2, 0) is 13.0 Å². The summed E-state index contributed by atoms with van der Waals surface area (Å²) in [5.41, 5.74) is 2.26. The molecule has 7 heteroatoms. The van der Waals surface area contributed by atoms with E-state index in [2.05, 4.69) is 32.7 Å². The van der Waals surface area contributed by atoms with Crippen molar-refractivity contribution in [2.24, 2.45) is 4.99 Å². The van der Waals surface area contributed by atoms with Gasteiger partial charge in [0.1, 0.15) is 5.75 Å². The maximum absolute atomic E-state index is 5.87. The number of benzene rings is 2. The fraction of sp³-hybridized carbons (Fsp3) is 0.280. The van der Waals surface area contributed by atoms with Crippen LogP contribution in [0.3, 0.4) is 0 Å². The standard InChI is InChI=1S/C25H30N4O3/c1-4-31-22-7-5-6-8-23(22)32-24-14-11-20(17-28-24)18-29-25(26-2)27-16-15-19-9-12-21(30-3)13-10-19/h5-14,17H,4,15-16,18H2,1-3H3,(H2,26,27,29). The number of methoxy groups -OCH3 is 1. The molecule has 2 N–H and O–H groups in total. The molecule has 0 fully saturated rings. The largest absolute Gasteiger partial charge is 0.497 e. The second-order valence-electron chi connectivity index (χ2n) is 6.94. The van der Waals surface area contributed by atoms with Crippen molar-refractivity contribution < 1.29 is 14.2 Å². The Balaban J connectivity index is 1.46. The maximum atomic E-state index is 5.87. The van der Waals surface area contributed by atoms with Crippen molar-refractivity contribution in [2.45, 2.75) is 19.9 Å². The smallest absolute Gasteiger partial charge is 0.219 e. The zero-order valence-corrected chi connectivity index (χ0v) is 18.8. The highest BCUT2D eigenvalue weighted by Crippen LogP contribution is 2.30. The molecule has 1 aromatic heterocycles. The van der Waals surface area contributed by atoms with E-state index in [9.17, 15) is 0 Å². The number of rotatable bonds is 10. The summed E-state index contributed by atoms with van der Waals surface area (Å²) in [6.07, 6.45) is 2.68. The third-order valence-corrected chi connectivity index (χ3v) is 4.71. The number of hydrogen-bond acceptors (Lipinski definition) is 5. The summed E-state index contributed by atoms with van der Waals surface area (Å²) in [6, 6.07) is 19.5. The van der Waals surface area contributed by atoms with Crippen molar-refractivity contribution >= 4 is 5.96 Å². The van der Waals surface area contributed by atoms with Gasteiger partial charge in [0.15, 0.2) is 17.5 Å². The second-order valence-corrected chi connectivity index (χ2v) is 6.94. The van der Waals surface area contributed by atoms with Gasteiger partial charge in [0.05, 0.1) is 13.7 Å². The summed E-state index contributed by atoms with van der Waals surface area (Å²) in [4.78, 5) is 8.68. The van der Waals surface area contributed by atoms with Gasteiger partial charge in [-0.3, -0.25) is 4.99 Å². The molecule has 3 aromatic rings. The lowest BCUT2D eigenvalue weighted by Gasteiger charge is -2.13. The van der Waals surface area contributed by atoms with Crippen LogP contribution in [0.25, 0.3) is 0 Å². The predicted octanol–water partition coefficient (Wildman–Crippen LogP) is 4.19. The predicted molar refractivity (Wildman–Crippen MR) is 127 cm³/mol. The van der Waals surface area contributed by atoms with Gasteiger partial charge in [-0.2, -0.15) is 0 Å². The molecule has 0 saturated heterocycles. The topological polar surface area (TPSA) is 77.0 Å². The van der Waals surface area contributed by atoms with E-state index in [1.807, 2.05) is 55.5 Å². The Hall–Kier alpha value is -3.74. The average Bonchev–Trinajstić information content (AvgIpc) is 2.84. The molecule has 0 amide bonds. The number of nitrogens with one attached hydrogen (secondary N) is 2. The third kappa shape index (κ3) is 6.91. The lowest BCUT2D eigenvalue weighted by molar-refractivity contribution is 0.319. The Bertz CT molecular complexity index is 989. The van der Waals surface area contributed by atoms with Crippen molar-refractivity contribution in [3.8, 4) is 23.1 Å². The summed E-state index contributed by atoms with van der Waals surface area (Å²) in [5, 5.41) is 6.63. The number of aliphatic imine (C=N–C) groups is 1. The average molecular weight is 435 g/mol. The number of nitrogens with zero attached hydrogens (tertiary/aromatic N) is 2. The van der Waals surface area contributed by atoms with E-state index in [0.717, 1.165) is 30.2 Å². The number of ether oxygens (including phenoxy) is 3. The second kappa shape index (κ2) is 12.2. The van der Waals surface area contributed by atoms with Gasteiger partial charge in [0, 0.05) is 32.4 Å². The lowest BCUT2D eigenvalue weighted by Crippen LogP contribution is -2.37. The summed E-state index contributed by atoms with van der Waals surface area (Å²) >= 11 is 0. The molecule has 0 atom stereocenters. The van der Waals surface area contributed by atoms with Crippen LogP contribution in [0.2, 0.25) is 0 Å². The van der Waals surface area contributed by atoms with Crippen LogP contribution < -0.4 is 24.8 Å². The molecule has 1 heterocycles. The minimum absolute atomic E-state index is 0.517. The van der Waals surface area contributed by atoms with Gasteiger partial charge in [-0.05, 0) is 48.7 Å². The molecule has 0 radical (unpaired) electrons. The number of hydrogen-bond donors (Lipinski definition) is 2. The van der Waals surface area contributed by atoms with E-state index in [1.165, 1.54) is 5.56 Å². The fourth-order valence-electron chi connectivity index (χ4n) is 3.02. The van der Waals surface area contributed by atoms with Crippen LogP contribution in [0.1, 0.15) is 18.1 Å². The van der Waals surface area contributed by atoms with Crippen LogP contribution in [0.15, 0.2) is 71.9 Å². The van der Waals surface area contributed by atoms with Crippen molar-refractivity contribution in [2.75, 3.05) is 27.3 Å². The molecular weight excluding hydrogens is 404 g/mol. The highest BCUT2D eigenvalue weighted by Gasteiger charge is 2.06. The van der Waals surface area contributed by atoms with Crippen molar-refractivity contribution in [1.82, 2.24) is 15.6 Å². The number of pyridine rings is 1. The Morgan fingerprint density at radius 1 is 0.938 bits per heavy atom. The third-order valence-electron chi connectivity index (χ3n) is 4.71. The van der Waals surface area contributed by atoms with E-state index >= 15 is 0 Å². The van der Waals surface area contributed by atoms with Gasteiger partial charge < -0.3 is 24.8 Å². The molecule has 2 aromatic carbocycles. The van der Waals surface area contributed by atoms with E-state index in [1.54, 1.807) is 20.4 Å². The van der Waals surface area contributed by atoms with Gasteiger partial charge >= 0.3 is 0 Å². The van der Waals surface area contributed by atoms with Gasteiger partial charge in [-0.1, -0.05) is 30.3 Å². The van der Waals surface area contributed by atoms with Gasteiger partial charge in [-0.15, -0.1) is 0 Å². The van der Waals surface area contributed by atoms with Gasteiger partial charge in [0.25, 0.3) is 0 Å². The maximum Gasteiger partial charge on any atom is 0.219 e. The number of para-hydroxylation sites is 2. The molecular formula is C25H30N4O3. The molecule has 7 nitrogen and oxygen atoms in total. The van der Waals surface area contributed by atoms with Crippen LogP contribution in [0.5, 0.6) is 23.1 Å². The number of aromatic nitrogens is 1. The highest BCUT2D eigenvalue weighted by atomic mass is 16.5. The number of guanidine groups is 1. The SMILES string of the molecule is CCOc1ccccc1Oc1ccc(CNC(=NC)NCCc2ccc(OC)cc2)cn1. The first kappa shape index (κ1) is 22.9. The van der Waals surface area contributed by atoms with E-state index in [-0.39, 0.29) is 0 Å². The molecule has 32 heavy (non-hydrogen) atoms. The van der Waals surface area contributed by atoms with Crippen molar-refractivity contribution in [3.63, 3.8) is 0 Å². The summed E-state index contributed by atoms with van der Waals surface area (Å²) < 4.78 is 16.7. The molecule has 0 saturated carbocycles. The van der Waals surface area contributed by atoms with Crippen LogP contribution in [0, 0.1) is 0 Å². The minimum Gasteiger partial charge on any atom is -0.497 e. The summed E-state index contributed by atoms with van der Waals surface area (Å²) in [7, 11) is 3.43. The first-order valence-electron chi connectivity index (χ1n) is 10.6. The molecule has 0 unspecified atom stereocenters. The fourth-order valence-corrected chi connectivity index (χ4v) is 3.02. The normalized spacial score (nSPS) is 11.0.